The Hall–Kier alpha value is -2.90. The second kappa shape index (κ2) is 18.0. The molecule has 21 rings (SSSR count). The second-order valence-corrected chi connectivity index (χ2v) is 26.7. The summed E-state index contributed by atoms with van der Waals surface area (Å²) in [6.07, 6.45) is 24.6. The van der Waals surface area contributed by atoms with Gasteiger partial charge in [0, 0.05) is 39.0 Å². The van der Waals surface area contributed by atoms with Crippen LogP contribution in [0.1, 0.15) is 204 Å². The van der Waals surface area contributed by atoms with Gasteiger partial charge >= 0.3 is 11.9 Å². The Morgan fingerprint density at radius 1 is 0.426 bits per heavy atom. The Bertz CT molecular complexity index is 1930. The van der Waals surface area contributed by atoms with E-state index < -0.39 is 0 Å². The van der Waals surface area contributed by atoms with Crippen LogP contribution in [-0.2, 0) is 19.1 Å². The molecule has 8 heteroatoms. The number of ether oxygens (including phenoxy) is 2. The van der Waals surface area contributed by atoms with Crippen molar-refractivity contribution in [2.45, 2.75) is 195 Å². The molecule has 0 aromatic heterocycles. The summed E-state index contributed by atoms with van der Waals surface area (Å²) in [5, 5.41) is 0. The van der Waals surface area contributed by atoms with E-state index >= 15 is 0 Å². The molecule has 374 valence electrons. The highest BCUT2D eigenvalue weighted by molar-refractivity contribution is 5.93. The number of nitrogens with zero attached hydrogens (tertiary/aromatic N) is 2. The van der Waals surface area contributed by atoms with E-state index in [4.69, 9.17) is 9.47 Å². The highest BCUT2D eigenvalue weighted by atomic mass is 16.5. The Balaban J connectivity index is 0.785. The van der Waals surface area contributed by atoms with Gasteiger partial charge in [-0.05, 0) is 245 Å². The van der Waals surface area contributed by atoms with Crippen molar-refractivity contribution in [1.29, 1.82) is 0 Å². The zero-order valence-corrected chi connectivity index (χ0v) is 43.1. The molecule has 12 aliphatic heterocycles. The smallest absolute Gasteiger partial charge is 0.338 e. The van der Waals surface area contributed by atoms with Crippen LogP contribution in [0, 0.1) is 92.7 Å². The average Bonchev–Trinajstić information content (AvgIpc) is 3.89. The van der Waals surface area contributed by atoms with Gasteiger partial charge in [0.25, 0.3) is 0 Å². The maximum absolute atomic E-state index is 13.8. The zero-order chi connectivity index (χ0) is 47.3. The lowest BCUT2D eigenvalue weighted by atomic mass is 9.44. The van der Waals surface area contributed by atoms with Gasteiger partial charge in [0.15, 0.2) is 0 Å². The third-order valence-corrected chi connectivity index (χ3v) is 24.3. The molecule has 0 N–H and O–H groups in total. The van der Waals surface area contributed by atoms with E-state index in [0.29, 0.717) is 119 Å². The first kappa shape index (κ1) is 47.4. The minimum Gasteiger partial charge on any atom is -0.459 e. The molecule has 18 atom stereocenters. The molecule has 1 aromatic rings. The largest absolute Gasteiger partial charge is 0.459 e. The summed E-state index contributed by atoms with van der Waals surface area (Å²) >= 11 is 0. The standard InChI is InChI=1S/C60H88N2O6/c1-37-7-21-53(63)61-31-33-62(34-32-61)54(64)22-8-38(2)48-18-20-50-46-16-14-42-36-44(24-28-58(42,4)52(46)26-30-60(48,50)6)68-56(66)40-11-9-39(10-12-40)55(65)67-43-23-27-57(3)41(35-43)13-15-45-49-19-17-47(37)59(49,5)29-25-51(45)57/h9-12,37-38,41-52H,7-8,13-36H2,1-6H3/t37-,38-,41-,42-,43-,44-,45+,46+,47-,48-,49+,50+,51+,52+,57+,58+,59-,60-/m1/s1. The summed E-state index contributed by atoms with van der Waals surface area (Å²) in [4.78, 5) is 59.0. The van der Waals surface area contributed by atoms with Crippen LogP contribution < -0.4 is 0 Å². The van der Waals surface area contributed by atoms with Crippen molar-refractivity contribution in [3.05, 3.63) is 35.4 Å². The molecular weight excluding hydrogens is 845 g/mol. The summed E-state index contributed by atoms with van der Waals surface area (Å²) in [7, 11) is 0. The maximum Gasteiger partial charge on any atom is 0.338 e. The van der Waals surface area contributed by atoms with E-state index in [1.165, 1.54) is 77.0 Å². The molecule has 8 saturated carbocycles. The van der Waals surface area contributed by atoms with Crippen LogP contribution in [0.2, 0.25) is 0 Å². The normalized spacial score (nSPS) is 47.7. The number of rotatable bonds is 0. The lowest BCUT2D eigenvalue weighted by Gasteiger charge is -2.61. The van der Waals surface area contributed by atoms with Crippen LogP contribution in [0.15, 0.2) is 24.3 Å². The molecule has 1 aromatic carbocycles. The average molecular weight is 933 g/mol. The predicted octanol–water partition coefficient (Wildman–Crippen LogP) is 12.6. The fraction of sp³-hybridized carbons (Fsp3) is 0.833. The summed E-state index contributed by atoms with van der Waals surface area (Å²) in [5.41, 5.74) is 2.31. The van der Waals surface area contributed by atoms with Crippen LogP contribution in [-0.4, -0.2) is 71.9 Å². The van der Waals surface area contributed by atoms with Crippen molar-refractivity contribution in [3.8, 4) is 0 Å². The number of carbonyl (C=O) groups is 4. The SMILES string of the molecule is C[C@@H]1CCC(=O)N2CCN(CC2)C(=O)CC[C@@H](C)[C@H]2CC[C@H]3[C@@H]4CC[C@@H]5C[C@@H](CC[C@]5(C)[C@H]4CC[C@]23C)OC(=O)c2ccc(cc2)C(=O)O[C@@H]2CC[C@@]3(C)[C@H](CC[C@@H]4[C@@H]3CC[C@]3(C)[C@@H]1CC[C@@H]43)C2. The molecule has 9 fully saturated rings. The molecule has 0 unspecified atom stereocenters. The van der Waals surface area contributed by atoms with Gasteiger partial charge in [-0.3, -0.25) is 9.59 Å². The fourth-order valence-corrected chi connectivity index (χ4v) is 20.4. The van der Waals surface area contributed by atoms with Crippen molar-refractivity contribution < 1.29 is 28.7 Å². The third-order valence-electron chi connectivity index (χ3n) is 24.3. The second-order valence-electron chi connectivity index (χ2n) is 26.7. The lowest BCUT2D eigenvalue weighted by Crippen LogP contribution is -2.54. The summed E-state index contributed by atoms with van der Waals surface area (Å²) in [5.74, 6) is 8.15. The predicted molar refractivity (Wildman–Crippen MR) is 265 cm³/mol. The summed E-state index contributed by atoms with van der Waals surface area (Å²) < 4.78 is 12.6. The van der Waals surface area contributed by atoms with Gasteiger partial charge in [-0.15, -0.1) is 0 Å². The molecular formula is C60H88N2O6. The van der Waals surface area contributed by atoms with Crippen LogP contribution in [0.3, 0.4) is 0 Å². The Morgan fingerprint density at radius 2 is 0.779 bits per heavy atom. The minimum absolute atomic E-state index is 0.0591. The van der Waals surface area contributed by atoms with Crippen molar-refractivity contribution in [3.63, 3.8) is 0 Å². The van der Waals surface area contributed by atoms with Crippen molar-refractivity contribution in [2.75, 3.05) is 26.2 Å². The van der Waals surface area contributed by atoms with Crippen molar-refractivity contribution >= 4 is 23.8 Å². The van der Waals surface area contributed by atoms with E-state index in [0.717, 1.165) is 86.9 Å². The van der Waals surface area contributed by atoms with Crippen LogP contribution in [0.5, 0.6) is 0 Å². The number of esters is 2. The summed E-state index contributed by atoms with van der Waals surface area (Å²) in [6, 6.07) is 7.08. The number of benzene rings is 1. The first-order valence-corrected chi connectivity index (χ1v) is 28.7. The Kier molecular flexibility index (Phi) is 12.5. The fourth-order valence-electron chi connectivity index (χ4n) is 20.4. The van der Waals surface area contributed by atoms with E-state index in [9.17, 15) is 19.2 Å². The number of hydrogen-bond acceptors (Lipinski definition) is 6. The quantitative estimate of drug-likeness (QED) is 0.241. The topological polar surface area (TPSA) is 93.2 Å². The van der Waals surface area contributed by atoms with Crippen LogP contribution in [0.4, 0.5) is 0 Å². The minimum atomic E-state index is -0.269. The van der Waals surface area contributed by atoms with Gasteiger partial charge in [-0.1, -0.05) is 41.5 Å². The van der Waals surface area contributed by atoms with Gasteiger partial charge in [0.05, 0.1) is 11.1 Å². The molecule has 2 amide bonds. The van der Waals surface area contributed by atoms with Crippen LogP contribution in [0.25, 0.3) is 0 Å². The first-order chi connectivity index (χ1) is 32.6. The first-order valence-electron chi connectivity index (χ1n) is 28.7. The maximum atomic E-state index is 13.8. The highest BCUT2D eigenvalue weighted by Gasteiger charge is 2.63. The Morgan fingerprint density at radius 3 is 1.18 bits per heavy atom. The monoisotopic (exact) mass is 933 g/mol. The molecule has 1 saturated heterocycles. The molecule has 8 aliphatic carbocycles. The zero-order valence-electron chi connectivity index (χ0n) is 43.1. The van der Waals surface area contributed by atoms with Gasteiger partial charge in [0.1, 0.15) is 12.2 Å². The number of piperazine rings is 1. The molecule has 20 aliphatic rings. The number of carbonyl (C=O) groups excluding carboxylic acids is 4. The number of hydrogen-bond donors (Lipinski definition) is 0. The molecule has 8 nitrogen and oxygen atoms in total. The van der Waals surface area contributed by atoms with Crippen molar-refractivity contribution in [2.24, 2.45) is 92.7 Å². The molecule has 0 radical (unpaired) electrons. The van der Waals surface area contributed by atoms with Gasteiger partial charge in [-0.25, -0.2) is 9.59 Å². The van der Waals surface area contributed by atoms with Crippen molar-refractivity contribution in [1.82, 2.24) is 9.80 Å². The van der Waals surface area contributed by atoms with Gasteiger partial charge in [-0.2, -0.15) is 0 Å². The van der Waals surface area contributed by atoms with E-state index in [1.54, 1.807) is 24.3 Å². The third kappa shape index (κ3) is 7.94. The van der Waals surface area contributed by atoms with Gasteiger partial charge in [0.2, 0.25) is 11.8 Å². The lowest BCUT2D eigenvalue weighted by molar-refractivity contribution is -0.140. The molecule has 0 spiro atoms. The summed E-state index contributed by atoms with van der Waals surface area (Å²) in [6.45, 7) is 18.0. The molecule has 20 bridgehead atoms. The van der Waals surface area contributed by atoms with E-state index in [2.05, 4.69) is 51.3 Å². The van der Waals surface area contributed by atoms with E-state index in [1.807, 2.05) is 0 Å². The molecule has 12 heterocycles. The Labute approximate surface area is 409 Å². The molecule has 68 heavy (non-hydrogen) atoms. The van der Waals surface area contributed by atoms with E-state index in [-0.39, 0.29) is 24.1 Å². The van der Waals surface area contributed by atoms with Gasteiger partial charge < -0.3 is 19.3 Å². The van der Waals surface area contributed by atoms with Crippen LogP contribution >= 0.6 is 0 Å². The number of amides is 2. The highest BCUT2D eigenvalue weighted by Crippen LogP contribution is 2.70.